The number of amidine groups is 1. The van der Waals surface area contributed by atoms with E-state index in [-0.39, 0.29) is 34.6 Å². The number of hydrogen-bond acceptors (Lipinski definition) is 4. The van der Waals surface area contributed by atoms with Crippen LogP contribution in [0.15, 0.2) is 27.7 Å². The van der Waals surface area contributed by atoms with Crippen molar-refractivity contribution >= 4 is 65.9 Å². The van der Waals surface area contributed by atoms with Gasteiger partial charge in [0.15, 0.2) is 15.0 Å². The summed E-state index contributed by atoms with van der Waals surface area (Å²) in [4.78, 5) is 18.3. The average Bonchev–Trinajstić information content (AvgIpc) is 2.90. The van der Waals surface area contributed by atoms with Crippen molar-refractivity contribution in [1.82, 2.24) is 0 Å². The Morgan fingerprint density at radius 2 is 2.16 bits per heavy atom. The molecule has 3 rings (SSSR count). The smallest absolute Gasteiger partial charge is 0.248 e. The van der Waals surface area contributed by atoms with Crippen LogP contribution in [0.5, 0.6) is 0 Å². The minimum absolute atomic E-state index is 0.0501. The number of hydrogen-bond donors (Lipinski definition) is 0. The van der Waals surface area contributed by atoms with Crippen molar-refractivity contribution in [3.63, 3.8) is 0 Å². The van der Waals surface area contributed by atoms with Gasteiger partial charge in [-0.25, -0.2) is 8.42 Å². The van der Waals surface area contributed by atoms with E-state index in [9.17, 15) is 13.2 Å². The van der Waals surface area contributed by atoms with E-state index >= 15 is 0 Å². The second-order valence-corrected chi connectivity index (χ2v) is 11.3. The molecular formula is C16H18BrClN2O3S2. The first kappa shape index (κ1) is 19.2. The molecular weight excluding hydrogens is 448 g/mol. The zero-order valence-corrected chi connectivity index (χ0v) is 17.8. The second-order valence-electron chi connectivity index (χ2n) is 6.65. The summed E-state index contributed by atoms with van der Waals surface area (Å²) in [6.45, 7) is 3.93. The predicted molar refractivity (Wildman–Crippen MR) is 107 cm³/mol. The van der Waals surface area contributed by atoms with Crippen molar-refractivity contribution in [3.8, 4) is 0 Å². The Labute approximate surface area is 165 Å². The largest absolute Gasteiger partial charge is 0.314 e. The number of rotatable bonds is 3. The summed E-state index contributed by atoms with van der Waals surface area (Å²) < 4.78 is 24.9. The summed E-state index contributed by atoms with van der Waals surface area (Å²) in [5, 5.41) is 0.902. The molecule has 136 valence electrons. The summed E-state index contributed by atoms with van der Waals surface area (Å²) in [6, 6.07) is 5.17. The van der Waals surface area contributed by atoms with Crippen LogP contribution in [0.3, 0.4) is 0 Å². The molecule has 0 N–H and O–H groups in total. The number of halogens is 2. The molecule has 1 aromatic carbocycles. The maximum absolute atomic E-state index is 12.2. The highest BCUT2D eigenvalue weighted by molar-refractivity contribution is 9.10. The van der Waals surface area contributed by atoms with Crippen LogP contribution in [-0.4, -0.2) is 42.3 Å². The summed E-state index contributed by atoms with van der Waals surface area (Å²) in [6.07, 6.45) is 0.361. The van der Waals surface area contributed by atoms with Gasteiger partial charge in [0, 0.05) is 16.1 Å². The monoisotopic (exact) mass is 464 g/mol. The lowest BCUT2D eigenvalue weighted by Gasteiger charge is -2.25. The highest BCUT2D eigenvalue weighted by atomic mass is 79.9. The van der Waals surface area contributed by atoms with Gasteiger partial charge in [0.1, 0.15) is 0 Å². The van der Waals surface area contributed by atoms with Crippen molar-refractivity contribution in [1.29, 1.82) is 0 Å². The number of fused-ring (bicyclic) bond motifs is 1. The number of thioether (sulfide) groups is 1. The van der Waals surface area contributed by atoms with Gasteiger partial charge >= 0.3 is 0 Å². The Hall–Kier alpha value is -0.570. The summed E-state index contributed by atoms with van der Waals surface area (Å²) in [7, 11) is -3.09. The lowest BCUT2D eigenvalue weighted by atomic mass is 10.1. The lowest BCUT2D eigenvalue weighted by molar-refractivity contribution is -0.118. The van der Waals surface area contributed by atoms with Crippen molar-refractivity contribution in [2.75, 3.05) is 16.4 Å². The van der Waals surface area contributed by atoms with E-state index in [4.69, 9.17) is 11.6 Å². The number of anilines is 1. The molecule has 2 fully saturated rings. The van der Waals surface area contributed by atoms with Gasteiger partial charge in [-0.05, 0) is 24.1 Å². The highest BCUT2D eigenvalue weighted by Gasteiger charge is 2.49. The van der Waals surface area contributed by atoms with Gasteiger partial charge in [-0.3, -0.25) is 4.79 Å². The molecule has 2 aliphatic heterocycles. The maximum atomic E-state index is 12.2. The molecule has 0 aliphatic carbocycles. The molecule has 0 unspecified atom stereocenters. The Kier molecular flexibility index (Phi) is 5.54. The lowest BCUT2D eigenvalue weighted by Crippen LogP contribution is -2.38. The maximum Gasteiger partial charge on any atom is 0.248 e. The highest BCUT2D eigenvalue weighted by Crippen LogP contribution is 2.43. The first-order valence-electron chi connectivity index (χ1n) is 7.89. The normalized spacial score (nSPS) is 26.4. The summed E-state index contributed by atoms with van der Waals surface area (Å²) >= 11 is 11.1. The van der Waals surface area contributed by atoms with Gasteiger partial charge in [0.05, 0.1) is 28.3 Å². The third-order valence-electron chi connectivity index (χ3n) is 4.04. The fourth-order valence-electron chi connectivity index (χ4n) is 3.02. The molecule has 9 heteroatoms. The molecule has 2 heterocycles. The molecule has 0 radical (unpaired) electrons. The standard InChI is InChI=1S/C16H18BrClN2O3S2/c1-9(2)5-15(21)19-16-20(12-4-3-10(17)6-11(12)18)13-7-25(22,23)8-14(13)24-16/h3-4,6,9,13-14H,5,7-8H2,1-2H3/t13-,14-/m1/s1. The zero-order chi connectivity index (χ0) is 18.4. The van der Waals surface area contributed by atoms with Gasteiger partial charge in [0.2, 0.25) is 5.91 Å². The fourth-order valence-corrected chi connectivity index (χ4v) is 7.71. The molecule has 1 aromatic rings. The molecule has 0 aromatic heterocycles. The van der Waals surface area contributed by atoms with Gasteiger partial charge in [-0.2, -0.15) is 4.99 Å². The SMILES string of the molecule is CC(C)CC(=O)N=C1S[C@@H]2CS(=O)(=O)C[C@H]2N1c1ccc(Br)cc1Cl. The van der Waals surface area contributed by atoms with Gasteiger partial charge in [-0.1, -0.05) is 53.1 Å². The Morgan fingerprint density at radius 3 is 2.80 bits per heavy atom. The third kappa shape index (κ3) is 4.23. The van der Waals surface area contributed by atoms with Crippen LogP contribution in [0.2, 0.25) is 5.02 Å². The van der Waals surface area contributed by atoms with Crippen LogP contribution in [0.1, 0.15) is 20.3 Å². The Morgan fingerprint density at radius 1 is 1.44 bits per heavy atom. The summed E-state index contributed by atoms with van der Waals surface area (Å²) in [5.41, 5.74) is 0.679. The van der Waals surface area contributed by atoms with E-state index in [0.717, 1.165) is 4.47 Å². The molecule has 0 saturated carbocycles. The number of amides is 1. The number of aliphatic imine (C=N–C) groups is 1. The molecule has 0 spiro atoms. The van der Waals surface area contributed by atoms with E-state index in [0.29, 0.717) is 22.3 Å². The number of sulfone groups is 1. The Bertz CT molecular complexity index is 842. The van der Waals surface area contributed by atoms with Crippen LogP contribution < -0.4 is 4.90 Å². The van der Waals surface area contributed by atoms with Crippen LogP contribution in [-0.2, 0) is 14.6 Å². The van der Waals surface area contributed by atoms with E-state index in [2.05, 4.69) is 20.9 Å². The van der Waals surface area contributed by atoms with Crippen LogP contribution >= 0.6 is 39.3 Å². The predicted octanol–water partition coefficient (Wildman–Crippen LogP) is 3.75. The van der Waals surface area contributed by atoms with Crippen molar-refractivity contribution in [2.24, 2.45) is 10.9 Å². The molecule has 1 amide bonds. The Balaban J connectivity index is 2.01. The third-order valence-corrected chi connectivity index (χ3v) is 8.04. The van der Waals surface area contributed by atoms with E-state index in [1.165, 1.54) is 11.8 Å². The number of carbonyl (C=O) groups excluding carboxylic acids is 1. The molecule has 2 atom stereocenters. The van der Waals surface area contributed by atoms with Crippen molar-refractivity contribution in [2.45, 2.75) is 31.6 Å². The topological polar surface area (TPSA) is 66.8 Å². The van der Waals surface area contributed by atoms with Crippen LogP contribution in [0, 0.1) is 5.92 Å². The molecule has 0 bridgehead atoms. The van der Waals surface area contributed by atoms with Gasteiger partial charge in [0.25, 0.3) is 0 Å². The molecule has 25 heavy (non-hydrogen) atoms. The number of carbonyl (C=O) groups is 1. The van der Waals surface area contributed by atoms with E-state index in [1.807, 2.05) is 30.9 Å². The van der Waals surface area contributed by atoms with Crippen molar-refractivity contribution in [3.05, 3.63) is 27.7 Å². The van der Waals surface area contributed by atoms with E-state index in [1.54, 1.807) is 6.07 Å². The molecule has 2 saturated heterocycles. The van der Waals surface area contributed by atoms with Gasteiger partial charge < -0.3 is 4.90 Å². The number of nitrogens with zero attached hydrogens (tertiary/aromatic N) is 2. The average molecular weight is 466 g/mol. The van der Waals surface area contributed by atoms with Crippen LogP contribution in [0.25, 0.3) is 0 Å². The number of benzene rings is 1. The van der Waals surface area contributed by atoms with Gasteiger partial charge in [-0.15, -0.1) is 0 Å². The summed E-state index contributed by atoms with van der Waals surface area (Å²) in [5.74, 6) is 0.171. The minimum Gasteiger partial charge on any atom is -0.314 e. The second kappa shape index (κ2) is 7.21. The first-order valence-corrected chi connectivity index (χ1v) is 11.8. The molecule has 2 aliphatic rings. The minimum atomic E-state index is -3.09. The fraction of sp³-hybridized carbons (Fsp3) is 0.500. The first-order chi connectivity index (χ1) is 11.7. The van der Waals surface area contributed by atoms with Crippen LogP contribution in [0.4, 0.5) is 5.69 Å². The van der Waals surface area contributed by atoms with Crippen molar-refractivity contribution < 1.29 is 13.2 Å². The quantitative estimate of drug-likeness (QED) is 0.680. The zero-order valence-electron chi connectivity index (χ0n) is 13.8. The molecule has 5 nitrogen and oxygen atoms in total. The van der Waals surface area contributed by atoms with E-state index < -0.39 is 9.84 Å².